The van der Waals surface area contributed by atoms with Gasteiger partial charge in [0.2, 0.25) is 5.91 Å². The third kappa shape index (κ3) is 3.59. The first kappa shape index (κ1) is 16.4. The van der Waals surface area contributed by atoms with Crippen LogP contribution in [0.2, 0.25) is 0 Å². The van der Waals surface area contributed by atoms with E-state index >= 15 is 0 Å². The maximum Gasteiger partial charge on any atom is 0.335 e. The zero-order chi connectivity index (χ0) is 16.3. The summed E-state index contributed by atoms with van der Waals surface area (Å²) in [7, 11) is 1.44. The minimum Gasteiger partial charge on any atom is -0.495 e. The van der Waals surface area contributed by atoms with Crippen molar-refractivity contribution < 1.29 is 24.2 Å². The standard InChI is InChI=1S/C15H17NO5S/c1-9(17)22-8-10-5-14(18)16(7-10)12-4-3-11(15(19)20)6-13(12)21-2/h3-4,6,10H,5,7-8H2,1-2H3,(H,19,20). The highest BCUT2D eigenvalue weighted by atomic mass is 32.2. The molecule has 1 amide bonds. The number of anilines is 1. The Hall–Kier alpha value is -2.02. The fourth-order valence-corrected chi connectivity index (χ4v) is 3.09. The minimum absolute atomic E-state index is 0.0364. The second kappa shape index (κ2) is 6.83. The number of carbonyl (C=O) groups excluding carboxylic acids is 2. The molecular formula is C15H17NO5S. The number of hydrogen-bond donors (Lipinski definition) is 1. The summed E-state index contributed by atoms with van der Waals surface area (Å²) in [5, 5.41) is 9.04. The van der Waals surface area contributed by atoms with Crippen LogP contribution >= 0.6 is 11.8 Å². The lowest BCUT2D eigenvalue weighted by atomic mass is 10.1. The van der Waals surface area contributed by atoms with Crippen LogP contribution in [0.15, 0.2) is 18.2 Å². The van der Waals surface area contributed by atoms with Gasteiger partial charge in [-0.05, 0) is 24.1 Å². The van der Waals surface area contributed by atoms with Gasteiger partial charge in [-0.1, -0.05) is 11.8 Å². The van der Waals surface area contributed by atoms with E-state index in [0.717, 1.165) is 0 Å². The molecule has 1 atom stereocenters. The molecule has 1 aromatic carbocycles. The van der Waals surface area contributed by atoms with E-state index in [2.05, 4.69) is 0 Å². The number of aromatic carboxylic acids is 1. The number of hydrogen-bond acceptors (Lipinski definition) is 5. The number of methoxy groups -OCH3 is 1. The molecule has 1 heterocycles. The third-order valence-electron chi connectivity index (χ3n) is 3.44. The quantitative estimate of drug-likeness (QED) is 0.892. The molecule has 1 saturated heterocycles. The maximum absolute atomic E-state index is 12.2. The van der Waals surface area contributed by atoms with Crippen molar-refractivity contribution in [3.8, 4) is 5.75 Å². The molecule has 118 valence electrons. The van der Waals surface area contributed by atoms with E-state index in [9.17, 15) is 14.4 Å². The van der Waals surface area contributed by atoms with Gasteiger partial charge in [-0.15, -0.1) is 0 Å². The Balaban J connectivity index is 2.19. The number of amides is 1. The van der Waals surface area contributed by atoms with Gasteiger partial charge < -0.3 is 14.7 Å². The number of carbonyl (C=O) groups is 3. The molecule has 0 bridgehead atoms. The van der Waals surface area contributed by atoms with Gasteiger partial charge >= 0.3 is 5.97 Å². The molecule has 1 aliphatic rings. The molecule has 7 heteroatoms. The fourth-order valence-electron chi connectivity index (χ4n) is 2.39. The van der Waals surface area contributed by atoms with E-state index in [1.54, 1.807) is 11.0 Å². The van der Waals surface area contributed by atoms with Gasteiger partial charge in [0.1, 0.15) is 5.75 Å². The van der Waals surface area contributed by atoms with Crippen molar-refractivity contribution in [3.63, 3.8) is 0 Å². The second-order valence-corrected chi connectivity index (χ2v) is 6.27. The van der Waals surface area contributed by atoms with Crippen molar-refractivity contribution >= 4 is 34.4 Å². The van der Waals surface area contributed by atoms with E-state index in [0.29, 0.717) is 30.2 Å². The Morgan fingerprint density at radius 1 is 1.45 bits per heavy atom. The van der Waals surface area contributed by atoms with Gasteiger partial charge in [0.25, 0.3) is 0 Å². The summed E-state index contributed by atoms with van der Waals surface area (Å²) >= 11 is 1.22. The number of rotatable bonds is 5. The molecule has 1 unspecified atom stereocenters. The molecule has 0 spiro atoms. The summed E-state index contributed by atoms with van der Waals surface area (Å²) in [5.74, 6) is -0.0326. The van der Waals surface area contributed by atoms with Gasteiger partial charge in [-0.3, -0.25) is 9.59 Å². The average Bonchev–Trinajstić information content (AvgIpc) is 2.85. The van der Waals surface area contributed by atoms with E-state index in [1.165, 1.54) is 37.9 Å². The van der Waals surface area contributed by atoms with Crippen LogP contribution in [0.4, 0.5) is 5.69 Å². The van der Waals surface area contributed by atoms with Crippen LogP contribution in [0.25, 0.3) is 0 Å². The number of ether oxygens (including phenoxy) is 1. The third-order valence-corrected chi connectivity index (χ3v) is 4.49. The van der Waals surface area contributed by atoms with Gasteiger partial charge in [-0.2, -0.15) is 0 Å². The molecule has 1 N–H and O–H groups in total. The van der Waals surface area contributed by atoms with E-state index in [4.69, 9.17) is 9.84 Å². The first-order chi connectivity index (χ1) is 10.4. The summed E-state index contributed by atoms with van der Waals surface area (Å²) < 4.78 is 5.21. The largest absolute Gasteiger partial charge is 0.495 e. The maximum atomic E-state index is 12.2. The average molecular weight is 323 g/mol. The summed E-state index contributed by atoms with van der Waals surface area (Å²) in [6.45, 7) is 2.01. The normalized spacial score (nSPS) is 17.6. The summed E-state index contributed by atoms with van der Waals surface area (Å²) in [5.41, 5.74) is 0.670. The Morgan fingerprint density at radius 2 is 2.18 bits per heavy atom. The molecule has 6 nitrogen and oxygen atoms in total. The number of thioether (sulfide) groups is 1. The van der Waals surface area contributed by atoms with Gasteiger partial charge in [0, 0.05) is 25.6 Å². The smallest absolute Gasteiger partial charge is 0.335 e. The van der Waals surface area contributed by atoms with Crippen molar-refractivity contribution in [1.29, 1.82) is 0 Å². The van der Waals surface area contributed by atoms with Gasteiger partial charge in [0.15, 0.2) is 5.12 Å². The molecule has 2 rings (SSSR count). The lowest BCUT2D eigenvalue weighted by Crippen LogP contribution is -2.25. The summed E-state index contributed by atoms with van der Waals surface area (Å²) in [6.07, 6.45) is 0.379. The van der Waals surface area contributed by atoms with Gasteiger partial charge in [-0.25, -0.2) is 4.79 Å². The highest BCUT2D eigenvalue weighted by Gasteiger charge is 2.32. The van der Waals surface area contributed by atoms with E-state index in [1.807, 2.05) is 0 Å². The number of carboxylic acid groups (broad SMARTS) is 1. The molecule has 0 aliphatic carbocycles. The highest BCUT2D eigenvalue weighted by molar-refractivity contribution is 8.13. The first-order valence-corrected chi connectivity index (χ1v) is 7.76. The molecule has 1 aliphatic heterocycles. The van der Waals surface area contributed by atoms with Crippen molar-refractivity contribution in [1.82, 2.24) is 0 Å². The van der Waals surface area contributed by atoms with E-state index < -0.39 is 5.97 Å². The molecular weight excluding hydrogens is 306 g/mol. The lowest BCUT2D eigenvalue weighted by molar-refractivity contribution is -0.117. The van der Waals surface area contributed by atoms with Crippen LogP contribution < -0.4 is 9.64 Å². The van der Waals surface area contributed by atoms with Crippen LogP contribution in [0.5, 0.6) is 5.75 Å². The van der Waals surface area contributed by atoms with Crippen molar-refractivity contribution in [3.05, 3.63) is 23.8 Å². The zero-order valence-electron chi connectivity index (χ0n) is 12.4. The molecule has 0 aromatic heterocycles. The molecule has 1 aromatic rings. The predicted octanol–water partition coefficient (Wildman–Crippen LogP) is 2.03. The summed E-state index contributed by atoms with van der Waals surface area (Å²) in [4.78, 5) is 35.8. The Labute approximate surface area is 132 Å². The van der Waals surface area contributed by atoms with Crippen molar-refractivity contribution in [2.24, 2.45) is 5.92 Å². The monoisotopic (exact) mass is 323 g/mol. The van der Waals surface area contributed by atoms with Crippen LogP contribution in [0, 0.1) is 5.92 Å². The number of nitrogens with zero attached hydrogens (tertiary/aromatic N) is 1. The van der Waals surface area contributed by atoms with Crippen LogP contribution in [0.1, 0.15) is 23.7 Å². The van der Waals surface area contributed by atoms with Crippen molar-refractivity contribution in [2.45, 2.75) is 13.3 Å². The SMILES string of the molecule is COc1cc(C(=O)O)ccc1N1CC(CSC(C)=O)CC1=O. The summed E-state index contributed by atoms with van der Waals surface area (Å²) in [6, 6.07) is 4.44. The lowest BCUT2D eigenvalue weighted by Gasteiger charge is -2.20. The van der Waals surface area contributed by atoms with E-state index in [-0.39, 0.29) is 22.5 Å². The van der Waals surface area contributed by atoms with Gasteiger partial charge in [0.05, 0.1) is 18.4 Å². The first-order valence-electron chi connectivity index (χ1n) is 6.77. The van der Waals surface area contributed by atoms with Crippen LogP contribution in [0.3, 0.4) is 0 Å². The molecule has 22 heavy (non-hydrogen) atoms. The predicted molar refractivity (Wildman–Crippen MR) is 83.6 cm³/mol. The minimum atomic E-state index is -1.05. The van der Waals surface area contributed by atoms with Crippen LogP contribution in [-0.2, 0) is 9.59 Å². The van der Waals surface area contributed by atoms with Crippen LogP contribution in [-0.4, -0.2) is 41.5 Å². The topological polar surface area (TPSA) is 83.9 Å². The fraction of sp³-hybridized carbons (Fsp3) is 0.400. The Morgan fingerprint density at radius 3 is 2.77 bits per heavy atom. The number of benzene rings is 1. The molecule has 0 radical (unpaired) electrons. The number of carboxylic acids is 1. The Kier molecular flexibility index (Phi) is 5.07. The zero-order valence-corrected chi connectivity index (χ0v) is 13.2. The highest BCUT2D eigenvalue weighted by Crippen LogP contribution is 2.34. The molecule has 1 fully saturated rings. The Bertz CT molecular complexity index is 616. The second-order valence-electron chi connectivity index (χ2n) is 5.07. The molecule has 0 saturated carbocycles. The van der Waals surface area contributed by atoms with Crippen molar-refractivity contribution in [2.75, 3.05) is 24.3 Å².